The van der Waals surface area contributed by atoms with E-state index in [9.17, 15) is 0 Å². The zero-order valence-corrected chi connectivity index (χ0v) is 11.8. The van der Waals surface area contributed by atoms with E-state index in [0.29, 0.717) is 0 Å². The summed E-state index contributed by atoms with van der Waals surface area (Å²) in [6.45, 7) is 5.65. The Morgan fingerprint density at radius 3 is 2.89 bits per heavy atom. The minimum atomic E-state index is 0.724. The van der Waals surface area contributed by atoms with Crippen LogP contribution in [0.5, 0.6) is 0 Å². The maximum Gasteiger partial charge on any atom is 0.132 e. The minimum Gasteiger partial charge on any atom is -0.353 e. The fourth-order valence-electron chi connectivity index (χ4n) is 2.91. The number of nitrogens with zero attached hydrogens (tertiary/aromatic N) is 3. The van der Waals surface area contributed by atoms with Crippen molar-refractivity contribution >= 4 is 5.82 Å². The lowest BCUT2D eigenvalue weighted by atomic mass is 9.99. The van der Waals surface area contributed by atoms with Gasteiger partial charge in [0.05, 0.1) is 0 Å². The van der Waals surface area contributed by atoms with Crippen LogP contribution in [0.1, 0.15) is 38.3 Å². The first kappa shape index (κ1) is 12.9. The predicted octanol–water partition coefficient (Wildman–Crippen LogP) is 2.01. The summed E-state index contributed by atoms with van der Waals surface area (Å²) >= 11 is 0. The van der Waals surface area contributed by atoms with Crippen LogP contribution in [-0.4, -0.2) is 35.6 Å². The average Bonchev–Trinajstić information content (AvgIpc) is 3.30. The summed E-state index contributed by atoms with van der Waals surface area (Å²) in [6, 6.07) is 2.90. The number of piperidine rings is 1. The summed E-state index contributed by atoms with van der Waals surface area (Å²) in [6.07, 6.45) is 8.02. The lowest BCUT2D eigenvalue weighted by molar-refractivity contribution is 0.375. The van der Waals surface area contributed by atoms with E-state index in [4.69, 9.17) is 0 Å². The van der Waals surface area contributed by atoms with Crippen molar-refractivity contribution in [1.82, 2.24) is 15.3 Å². The average molecular weight is 260 g/mol. The monoisotopic (exact) mass is 260 g/mol. The van der Waals surface area contributed by atoms with Gasteiger partial charge < -0.3 is 10.2 Å². The first-order valence-corrected chi connectivity index (χ1v) is 7.65. The fraction of sp³-hybridized carbons (Fsp3) is 0.733. The van der Waals surface area contributed by atoms with Gasteiger partial charge in [0.15, 0.2) is 0 Å². The molecule has 1 saturated carbocycles. The van der Waals surface area contributed by atoms with E-state index in [1.54, 1.807) is 6.33 Å². The van der Waals surface area contributed by atoms with Gasteiger partial charge in [-0.15, -0.1) is 0 Å². The Bertz CT molecular complexity index is 410. The zero-order chi connectivity index (χ0) is 13.1. The molecule has 1 aromatic rings. The summed E-state index contributed by atoms with van der Waals surface area (Å²) in [5.41, 5.74) is 1.15. The van der Waals surface area contributed by atoms with Gasteiger partial charge in [-0.2, -0.15) is 0 Å². The Morgan fingerprint density at radius 2 is 2.21 bits per heavy atom. The second-order valence-corrected chi connectivity index (χ2v) is 5.82. The maximum absolute atomic E-state index is 4.51. The van der Waals surface area contributed by atoms with Crippen molar-refractivity contribution in [3.63, 3.8) is 0 Å². The van der Waals surface area contributed by atoms with Crippen molar-refractivity contribution in [3.05, 3.63) is 18.1 Å². The molecule has 0 spiro atoms. The number of aromatic nitrogens is 2. The molecule has 1 aromatic heterocycles. The first-order valence-electron chi connectivity index (χ1n) is 7.65. The van der Waals surface area contributed by atoms with E-state index in [1.807, 2.05) is 0 Å². The second kappa shape index (κ2) is 5.87. The topological polar surface area (TPSA) is 41.0 Å². The molecule has 0 radical (unpaired) electrons. The van der Waals surface area contributed by atoms with Crippen molar-refractivity contribution in [3.8, 4) is 0 Å². The molecular formula is C15H24N4. The van der Waals surface area contributed by atoms with E-state index in [0.717, 1.165) is 43.0 Å². The highest BCUT2D eigenvalue weighted by Gasteiger charge is 2.32. The molecule has 4 nitrogen and oxygen atoms in total. The molecule has 0 amide bonds. The van der Waals surface area contributed by atoms with Gasteiger partial charge in [-0.3, -0.25) is 0 Å². The Balaban J connectivity index is 1.72. The van der Waals surface area contributed by atoms with Crippen LogP contribution in [0, 0.1) is 5.92 Å². The third-order valence-electron chi connectivity index (χ3n) is 4.21. The number of hydrogen-bond acceptors (Lipinski definition) is 4. The summed E-state index contributed by atoms with van der Waals surface area (Å²) in [7, 11) is 0. The molecule has 19 heavy (non-hydrogen) atoms. The quantitative estimate of drug-likeness (QED) is 0.879. The standard InChI is InChI=1S/C15H24N4/c1-2-13-8-15(18-11-17-13)19(14-5-6-14)10-12-4-3-7-16-9-12/h8,11-12,14,16H,2-7,9-10H2,1H3. The lowest BCUT2D eigenvalue weighted by Gasteiger charge is -2.31. The normalized spacial score (nSPS) is 23.3. The van der Waals surface area contributed by atoms with E-state index >= 15 is 0 Å². The first-order chi connectivity index (χ1) is 9.36. The highest BCUT2D eigenvalue weighted by atomic mass is 15.2. The van der Waals surface area contributed by atoms with Crippen molar-refractivity contribution in [2.45, 2.75) is 45.1 Å². The van der Waals surface area contributed by atoms with E-state index in [1.165, 1.54) is 32.2 Å². The van der Waals surface area contributed by atoms with Crippen LogP contribution >= 0.6 is 0 Å². The van der Waals surface area contributed by atoms with Crippen LogP contribution in [0.25, 0.3) is 0 Å². The molecule has 1 atom stereocenters. The molecule has 1 unspecified atom stereocenters. The Labute approximate surface area is 115 Å². The SMILES string of the molecule is CCc1cc(N(CC2CCCNC2)C2CC2)ncn1. The molecule has 2 heterocycles. The predicted molar refractivity (Wildman–Crippen MR) is 77.4 cm³/mol. The maximum atomic E-state index is 4.51. The lowest BCUT2D eigenvalue weighted by Crippen LogP contribution is -2.39. The molecule has 1 N–H and O–H groups in total. The van der Waals surface area contributed by atoms with Crippen LogP contribution in [0.4, 0.5) is 5.82 Å². The molecule has 0 bridgehead atoms. The van der Waals surface area contributed by atoms with Gasteiger partial charge in [-0.25, -0.2) is 9.97 Å². The molecule has 104 valence electrons. The van der Waals surface area contributed by atoms with Gasteiger partial charge >= 0.3 is 0 Å². The van der Waals surface area contributed by atoms with Crippen LogP contribution in [0.15, 0.2) is 12.4 Å². The van der Waals surface area contributed by atoms with Gasteiger partial charge in [0.2, 0.25) is 0 Å². The second-order valence-electron chi connectivity index (χ2n) is 5.82. The number of nitrogens with one attached hydrogen (secondary N) is 1. The van der Waals surface area contributed by atoms with Gasteiger partial charge in [-0.1, -0.05) is 6.92 Å². The number of anilines is 1. The molecule has 2 fully saturated rings. The number of rotatable bonds is 5. The third-order valence-corrected chi connectivity index (χ3v) is 4.21. The van der Waals surface area contributed by atoms with Gasteiger partial charge in [0, 0.05) is 24.3 Å². The summed E-state index contributed by atoms with van der Waals surface area (Å²) in [5, 5.41) is 3.51. The van der Waals surface area contributed by atoms with Crippen LogP contribution in [0.3, 0.4) is 0 Å². The van der Waals surface area contributed by atoms with Crippen molar-refractivity contribution in [1.29, 1.82) is 0 Å². The summed E-state index contributed by atoms with van der Waals surface area (Å²) in [4.78, 5) is 11.4. The molecule has 0 aromatic carbocycles. The zero-order valence-electron chi connectivity index (χ0n) is 11.8. The summed E-state index contributed by atoms with van der Waals surface area (Å²) in [5.74, 6) is 1.91. The van der Waals surface area contributed by atoms with Crippen LogP contribution in [0.2, 0.25) is 0 Å². The Kier molecular flexibility index (Phi) is 3.97. The third kappa shape index (κ3) is 3.24. The van der Waals surface area contributed by atoms with Crippen molar-refractivity contribution in [2.75, 3.05) is 24.5 Å². The highest BCUT2D eigenvalue weighted by Crippen LogP contribution is 2.32. The molecular weight excluding hydrogens is 236 g/mol. The van der Waals surface area contributed by atoms with Gasteiger partial charge in [0.25, 0.3) is 0 Å². The molecule has 1 aliphatic carbocycles. The number of hydrogen-bond donors (Lipinski definition) is 1. The fourth-order valence-corrected chi connectivity index (χ4v) is 2.91. The highest BCUT2D eigenvalue weighted by molar-refractivity contribution is 5.42. The van der Waals surface area contributed by atoms with Crippen molar-refractivity contribution in [2.24, 2.45) is 5.92 Å². The minimum absolute atomic E-state index is 0.724. The summed E-state index contributed by atoms with van der Waals surface area (Å²) < 4.78 is 0. The van der Waals surface area contributed by atoms with E-state index in [2.05, 4.69) is 33.2 Å². The molecule has 4 heteroatoms. The molecule has 2 aliphatic rings. The molecule has 3 rings (SSSR count). The van der Waals surface area contributed by atoms with E-state index in [-0.39, 0.29) is 0 Å². The largest absolute Gasteiger partial charge is 0.353 e. The van der Waals surface area contributed by atoms with Crippen molar-refractivity contribution < 1.29 is 0 Å². The molecule has 1 saturated heterocycles. The Morgan fingerprint density at radius 1 is 1.32 bits per heavy atom. The van der Waals surface area contributed by atoms with Crippen LogP contribution in [-0.2, 0) is 6.42 Å². The van der Waals surface area contributed by atoms with Crippen LogP contribution < -0.4 is 10.2 Å². The van der Waals surface area contributed by atoms with Gasteiger partial charge in [0.1, 0.15) is 12.1 Å². The van der Waals surface area contributed by atoms with E-state index < -0.39 is 0 Å². The number of aryl methyl sites for hydroxylation is 1. The Hall–Kier alpha value is -1.16. The smallest absolute Gasteiger partial charge is 0.132 e. The molecule has 1 aliphatic heterocycles. The van der Waals surface area contributed by atoms with Gasteiger partial charge in [-0.05, 0) is 51.1 Å².